The highest BCUT2D eigenvalue weighted by molar-refractivity contribution is 5.83. The zero-order valence-electron chi connectivity index (χ0n) is 35.5. The van der Waals surface area contributed by atoms with E-state index in [2.05, 4.69) is 13.8 Å². The lowest BCUT2D eigenvalue weighted by Crippen LogP contribution is -2.75. The van der Waals surface area contributed by atoms with Gasteiger partial charge in [-0.1, -0.05) is 34.6 Å². The first kappa shape index (κ1) is 43.8. The fraction of sp³-hybridized carbons (Fsp3) is 0.930. The Kier molecular flexibility index (Phi) is 11.7. The third kappa shape index (κ3) is 6.93. The summed E-state index contributed by atoms with van der Waals surface area (Å²) in [6.07, 6.45) is -9.71. The minimum atomic E-state index is -1.67. The minimum Gasteiger partial charge on any atom is -0.456 e. The van der Waals surface area contributed by atoms with Gasteiger partial charge in [0, 0.05) is 26.2 Å². The van der Waals surface area contributed by atoms with Gasteiger partial charge in [0.15, 0.2) is 30.9 Å². The van der Waals surface area contributed by atoms with Crippen LogP contribution in [0.3, 0.4) is 0 Å². The van der Waals surface area contributed by atoms with Crippen LogP contribution < -0.4 is 0 Å². The molecule has 0 aromatic rings. The maximum absolute atomic E-state index is 14.4. The summed E-state index contributed by atoms with van der Waals surface area (Å²) in [5, 5.41) is 53.5. The molecule has 23 atom stereocenters. The van der Waals surface area contributed by atoms with Crippen molar-refractivity contribution in [1.82, 2.24) is 0 Å². The van der Waals surface area contributed by atoms with Gasteiger partial charge < -0.3 is 63.4 Å². The molecule has 4 aliphatic carbocycles. The fourth-order valence-electron chi connectivity index (χ4n) is 13.8. The molecule has 4 aliphatic heterocycles. The molecule has 1 spiro atoms. The maximum Gasteiger partial charge on any atom is 0.303 e. The summed E-state index contributed by atoms with van der Waals surface area (Å²) in [6.45, 7) is 14.2. The van der Waals surface area contributed by atoms with Crippen molar-refractivity contribution in [3.63, 3.8) is 0 Å². The van der Waals surface area contributed by atoms with Crippen LogP contribution >= 0.6 is 0 Å². The van der Waals surface area contributed by atoms with E-state index in [9.17, 15) is 39.9 Å². The van der Waals surface area contributed by atoms with Gasteiger partial charge in [-0.2, -0.15) is 0 Å². The topological polar surface area (TPSA) is 226 Å². The maximum atomic E-state index is 14.4. The molecule has 334 valence electrons. The van der Waals surface area contributed by atoms with Crippen LogP contribution in [0.2, 0.25) is 0 Å². The van der Waals surface area contributed by atoms with Crippen LogP contribution in [-0.4, -0.2) is 141 Å². The van der Waals surface area contributed by atoms with Gasteiger partial charge in [-0.25, -0.2) is 0 Å². The molecule has 5 N–H and O–H groups in total. The lowest BCUT2D eigenvalue weighted by molar-refractivity contribution is -0.475. The van der Waals surface area contributed by atoms with Crippen molar-refractivity contribution in [2.24, 2.45) is 52.3 Å². The number of Topliss-reactive ketones (excluding diaryl/α,β-unsaturated/α-hetero) is 1. The van der Waals surface area contributed by atoms with E-state index < -0.39 is 104 Å². The average Bonchev–Trinajstić information content (AvgIpc) is 3.47. The zero-order valence-corrected chi connectivity index (χ0v) is 35.5. The molecule has 59 heavy (non-hydrogen) atoms. The second kappa shape index (κ2) is 15.8. The van der Waals surface area contributed by atoms with Crippen molar-refractivity contribution < 1.29 is 77.8 Å². The third-order valence-corrected chi connectivity index (χ3v) is 16.4. The second-order valence-electron chi connectivity index (χ2n) is 20.1. The molecule has 8 aliphatic rings. The first-order chi connectivity index (χ1) is 27.7. The van der Waals surface area contributed by atoms with Crippen LogP contribution in [0.4, 0.5) is 0 Å². The highest BCUT2D eigenvalue weighted by Gasteiger charge is 2.72. The molecule has 4 saturated heterocycles. The summed E-state index contributed by atoms with van der Waals surface area (Å²) in [7, 11) is 0. The van der Waals surface area contributed by atoms with Gasteiger partial charge >= 0.3 is 11.9 Å². The predicted octanol–water partition coefficient (Wildman–Crippen LogP) is 1.76. The van der Waals surface area contributed by atoms with E-state index in [0.717, 1.165) is 19.3 Å². The highest BCUT2D eigenvalue weighted by Crippen LogP contribution is 2.70. The second-order valence-corrected chi connectivity index (χ2v) is 20.1. The minimum absolute atomic E-state index is 0.0489. The molecule has 0 aromatic carbocycles. The summed E-state index contributed by atoms with van der Waals surface area (Å²) < 4.78 is 50.2. The van der Waals surface area contributed by atoms with Crippen molar-refractivity contribution in [2.45, 2.75) is 192 Å². The van der Waals surface area contributed by atoms with E-state index in [0.29, 0.717) is 25.7 Å². The third-order valence-electron chi connectivity index (χ3n) is 16.4. The van der Waals surface area contributed by atoms with Gasteiger partial charge in [0.2, 0.25) is 5.79 Å². The Hall–Kier alpha value is -1.83. The van der Waals surface area contributed by atoms with E-state index in [1.807, 2.05) is 20.8 Å². The van der Waals surface area contributed by atoms with Crippen LogP contribution in [0.25, 0.3) is 0 Å². The SMILES string of the molecule is CC(=O)OC1C(C)OC2OC(C(C)C)C3(OC4CC5C6CC(=O)C7CC(OC8OC(CO)C(O)C(O)C8O)CCC7(C)C6CCC5(C)C4C(C)C3O)OC2C1OC(C)=O. The van der Waals surface area contributed by atoms with Crippen LogP contribution in [0.5, 0.6) is 0 Å². The number of carbonyl (C=O) groups is 3. The Bertz CT molecular complexity index is 1610. The summed E-state index contributed by atoms with van der Waals surface area (Å²) >= 11 is 0. The monoisotopic (exact) mass is 838 g/mol. The lowest BCUT2D eigenvalue weighted by atomic mass is 9.44. The Morgan fingerprint density at radius 1 is 0.847 bits per heavy atom. The quantitative estimate of drug-likeness (QED) is 0.190. The number of ether oxygens (including phenoxy) is 8. The molecule has 8 fully saturated rings. The molecular formula is C43H66O16. The molecule has 4 saturated carbocycles. The molecule has 8 rings (SSSR count). The molecular weight excluding hydrogens is 772 g/mol. The number of aliphatic hydroxyl groups excluding tert-OH is 5. The predicted molar refractivity (Wildman–Crippen MR) is 202 cm³/mol. The van der Waals surface area contributed by atoms with Gasteiger partial charge in [-0.3, -0.25) is 14.4 Å². The largest absolute Gasteiger partial charge is 0.456 e. The highest BCUT2D eigenvalue weighted by atomic mass is 16.8. The summed E-state index contributed by atoms with van der Waals surface area (Å²) in [4.78, 5) is 39.1. The summed E-state index contributed by atoms with van der Waals surface area (Å²) in [5.74, 6) is -2.99. The smallest absolute Gasteiger partial charge is 0.303 e. The number of hydrogen-bond acceptors (Lipinski definition) is 16. The van der Waals surface area contributed by atoms with Crippen LogP contribution in [-0.2, 0) is 52.3 Å². The Morgan fingerprint density at radius 3 is 2.19 bits per heavy atom. The van der Waals surface area contributed by atoms with Gasteiger partial charge in [-0.05, 0) is 91.8 Å². The summed E-state index contributed by atoms with van der Waals surface area (Å²) in [6, 6.07) is 0. The normalized spacial score (nSPS) is 54.4. The van der Waals surface area contributed by atoms with Crippen molar-refractivity contribution in [1.29, 1.82) is 0 Å². The number of fused-ring (bicyclic) bond motifs is 8. The van der Waals surface area contributed by atoms with Crippen LogP contribution in [0.1, 0.15) is 100 Å². The van der Waals surface area contributed by atoms with Gasteiger partial charge in [-0.15, -0.1) is 0 Å². The number of esters is 2. The molecule has 0 aromatic heterocycles. The van der Waals surface area contributed by atoms with Gasteiger partial charge in [0.05, 0.1) is 24.9 Å². The molecule has 0 bridgehead atoms. The van der Waals surface area contributed by atoms with Crippen molar-refractivity contribution in [2.75, 3.05) is 6.61 Å². The van der Waals surface area contributed by atoms with E-state index in [1.54, 1.807) is 6.92 Å². The van der Waals surface area contributed by atoms with E-state index in [4.69, 9.17) is 37.9 Å². The Balaban J connectivity index is 1.03. The van der Waals surface area contributed by atoms with Crippen molar-refractivity contribution in [3.8, 4) is 0 Å². The first-order valence-electron chi connectivity index (χ1n) is 21.9. The molecule has 23 unspecified atom stereocenters. The summed E-state index contributed by atoms with van der Waals surface area (Å²) in [5.41, 5.74) is -0.534. The Morgan fingerprint density at radius 2 is 1.53 bits per heavy atom. The first-order valence-corrected chi connectivity index (χ1v) is 21.9. The number of ketones is 1. The standard InChI is InChI=1S/C43H66O16/c1-17(2)38-43(59-36-35(54-21(6)46)34(53-20(5)45)19(4)52-40(36)57-38)37(51)18(3)30-28(58-43)15-25-23-14-27(47)26-13-22(9-11-41(26,7)24(23)10-12-42(25,30)8)55-39-33(50)32(49)31(48)29(16-44)56-39/h17-19,22-26,28-40,44,48-51H,9-16H2,1-8H3. The van der Waals surface area contributed by atoms with Crippen LogP contribution in [0.15, 0.2) is 0 Å². The number of rotatable bonds is 6. The lowest BCUT2D eigenvalue weighted by Gasteiger charge is -2.62. The fourth-order valence-corrected chi connectivity index (χ4v) is 13.8. The molecule has 16 nitrogen and oxygen atoms in total. The number of hydrogen-bond donors (Lipinski definition) is 5. The number of aliphatic hydroxyl groups is 5. The van der Waals surface area contributed by atoms with E-state index in [-0.39, 0.29) is 64.1 Å². The van der Waals surface area contributed by atoms with Gasteiger partial charge in [0.1, 0.15) is 42.4 Å². The molecule has 0 radical (unpaired) electrons. The van der Waals surface area contributed by atoms with E-state index >= 15 is 0 Å². The molecule has 4 heterocycles. The van der Waals surface area contributed by atoms with E-state index in [1.165, 1.54) is 13.8 Å². The van der Waals surface area contributed by atoms with Crippen LogP contribution in [0, 0.1) is 52.3 Å². The van der Waals surface area contributed by atoms with Crippen molar-refractivity contribution >= 4 is 17.7 Å². The zero-order chi connectivity index (χ0) is 42.7. The van der Waals surface area contributed by atoms with Crippen molar-refractivity contribution in [3.05, 3.63) is 0 Å². The molecule has 0 amide bonds. The molecule has 16 heteroatoms. The average molecular weight is 839 g/mol. The van der Waals surface area contributed by atoms with Gasteiger partial charge in [0.25, 0.3) is 0 Å². The number of carbonyl (C=O) groups excluding carboxylic acids is 3. The Labute approximate surface area is 345 Å².